The van der Waals surface area contributed by atoms with E-state index in [-0.39, 0.29) is 6.09 Å². The van der Waals surface area contributed by atoms with Crippen LogP contribution in [-0.4, -0.2) is 24.1 Å². The van der Waals surface area contributed by atoms with Gasteiger partial charge in [0.25, 0.3) is 0 Å². The zero-order valence-corrected chi connectivity index (χ0v) is 10.0. The SMILES string of the molecule is C=COC(=O)N1CC2CCCC(C1)C2CC. The van der Waals surface area contributed by atoms with Gasteiger partial charge in [0, 0.05) is 13.1 Å². The maximum atomic E-state index is 11.7. The first-order valence-electron chi connectivity index (χ1n) is 6.32. The lowest BCUT2D eigenvalue weighted by molar-refractivity contribution is 0.0234. The fourth-order valence-electron chi connectivity index (χ4n) is 3.51. The van der Waals surface area contributed by atoms with Gasteiger partial charge in [0.05, 0.1) is 6.26 Å². The van der Waals surface area contributed by atoms with Gasteiger partial charge in [-0.3, -0.25) is 0 Å². The minimum Gasteiger partial charge on any atom is -0.419 e. The third-order valence-electron chi connectivity index (χ3n) is 4.18. The molecule has 2 unspecified atom stereocenters. The van der Waals surface area contributed by atoms with Gasteiger partial charge in [-0.25, -0.2) is 4.79 Å². The predicted molar refractivity (Wildman–Crippen MR) is 62.9 cm³/mol. The number of carbonyl (C=O) groups excluding carboxylic acids is 1. The molecule has 1 amide bonds. The van der Waals surface area contributed by atoms with Crippen LogP contribution in [0.2, 0.25) is 0 Å². The maximum Gasteiger partial charge on any atom is 0.414 e. The molecule has 0 aromatic rings. The highest BCUT2D eigenvalue weighted by Crippen LogP contribution is 2.41. The van der Waals surface area contributed by atoms with Crippen LogP contribution >= 0.6 is 0 Å². The minimum atomic E-state index is -0.221. The second kappa shape index (κ2) is 4.89. The van der Waals surface area contributed by atoms with Crippen molar-refractivity contribution in [1.82, 2.24) is 4.90 Å². The van der Waals surface area contributed by atoms with Crippen molar-refractivity contribution in [3.8, 4) is 0 Å². The molecule has 0 spiro atoms. The lowest BCUT2D eigenvalue weighted by atomic mass is 9.68. The van der Waals surface area contributed by atoms with Crippen molar-refractivity contribution in [3.63, 3.8) is 0 Å². The van der Waals surface area contributed by atoms with Crippen LogP contribution in [0.4, 0.5) is 4.79 Å². The molecule has 1 saturated heterocycles. The van der Waals surface area contributed by atoms with E-state index >= 15 is 0 Å². The highest BCUT2D eigenvalue weighted by molar-refractivity contribution is 5.68. The average molecular weight is 223 g/mol. The first-order chi connectivity index (χ1) is 7.76. The van der Waals surface area contributed by atoms with Crippen LogP contribution < -0.4 is 0 Å². The van der Waals surface area contributed by atoms with E-state index in [1.807, 2.05) is 4.90 Å². The molecule has 3 heteroatoms. The average Bonchev–Trinajstić information content (AvgIpc) is 2.27. The Kier molecular flexibility index (Phi) is 3.52. The Morgan fingerprint density at radius 3 is 2.56 bits per heavy atom. The number of ether oxygens (including phenoxy) is 1. The van der Waals surface area contributed by atoms with Crippen LogP contribution in [0.5, 0.6) is 0 Å². The van der Waals surface area contributed by atoms with Crippen LogP contribution in [0.1, 0.15) is 32.6 Å². The summed E-state index contributed by atoms with van der Waals surface area (Å²) in [6, 6.07) is 0. The summed E-state index contributed by atoms with van der Waals surface area (Å²) >= 11 is 0. The summed E-state index contributed by atoms with van der Waals surface area (Å²) in [4.78, 5) is 13.5. The van der Waals surface area contributed by atoms with Gasteiger partial charge < -0.3 is 9.64 Å². The molecule has 2 aliphatic rings. The Balaban J connectivity index is 2.02. The molecule has 1 heterocycles. The number of hydrogen-bond acceptors (Lipinski definition) is 2. The first kappa shape index (κ1) is 11.5. The lowest BCUT2D eigenvalue weighted by Crippen LogP contribution is -2.50. The lowest BCUT2D eigenvalue weighted by Gasteiger charge is -2.46. The van der Waals surface area contributed by atoms with Gasteiger partial charge in [-0.05, 0) is 30.6 Å². The van der Waals surface area contributed by atoms with Crippen LogP contribution in [-0.2, 0) is 4.74 Å². The summed E-state index contributed by atoms with van der Waals surface area (Å²) in [6.45, 7) is 7.45. The van der Waals surface area contributed by atoms with Crippen molar-refractivity contribution in [2.75, 3.05) is 13.1 Å². The molecule has 0 aromatic carbocycles. The number of likely N-dealkylation sites (tertiary alicyclic amines) is 1. The molecule has 90 valence electrons. The Morgan fingerprint density at radius 2 is 2.06 bits per heavy atom. The highest BCUT2D eigenvalue weighted by Gasteiger charge is 2.39. The van der Waals surface area contributed by atoms with Gasteiger partial charge in [0.1, 0.15) is 0 Å². The molecule has 1 saturated carbocycles. The highest BCUT2D eigenvalue weighted by atomic mass is 16.5. The van der Waals surface area contributed by atoms with Crippen molar-refractivity contribution in [2.45, 2.75) is 32.6 Å². The molecule has 3 nitrogen and oxygen atoms in total. The summed E-state index contributed by atoms with van der Waals surface area (Å²) < 4.78 is 4.87. The summed E-state index contributed by atoms with van der Waals surface area (Å²) in [5.41, 5.74) is 0. The van der Waals surface area contributed by atoms with E-state index in [2.05, 4.69) is 13.5 Å². The molecule has 16 heavy (non-hydrogen) atoms. The molecule has 2 rings (SSSR count). The summed E-state index contributed by atoms with van der Waals surface area (Å²) in [5.74, 6) is 2.20. The Bertz CT molecular complexity index is 263. The number of fused-ring (bicyclic) bond motifs is 2. The quantitative estimate of drug-likeness (QED) is 0.673. The van der Waals surface area contributed by atoms with Crippen molar-refractivity contribution < 1.29 is 9.53 Å². The number of piperidine rings is 1. The monoisotopic (exact) mass is 223 g/mol. The molecule has 1 aliphatic carbocycles. The van der Waals surface area contributed by atoms with E-state index in [0.29, 0.717) is 11.8 Å². The van der Waals surface area contributed by atoms with Crippen LogP contribution in [0.25, 0.3) is 0 Å². The molecular formula is C13H21NO2. The topological polar surface area (TPSA) is 29.5 Å². The van der Waals surface area contributed by atoms with Crippen molar-refractivity contribution in [3.05, 3.63) is 12.8 Å². The number of nitrogens with zero attached hydrogens (tertiary/aromatic N) is 1. The Labute approximate surface area is 97.5 Å². The third-order valence-corrected chi connectivity index (χ3v) is 4.18. The second-order valence-corrected chi connectivity index (χ2v) is 4.98. The van der Waals surface area contributed by atoms with E-state index in [9.17, 15) is 4.79 Å². The first-order valence-corrected chi connectivity index (χ1v) is 6.32. The molecule has 1 aliphatic heterocycles. The standard InChI is InChI=1S/C13H21NO2/c1-3-12-10-6-5-7-11(12)9-14(8-10)13(15)16-4-2/h4,10-12H,2-3,5-9H2,1H3. The largest absolute Gasteiger partial charge is 0.419 e. The summed E-state index contributed by atoms with van der Waals surface area (Å²) in [6.07, 6.45) is 6.13. The van der Waals surface area contributed by atoms with E-state index in [1.165, 1.54) is 31.9 Å². The molecule has 2 fully saturated rings. The van der Waals surface area contributed by atoms with Gasteiger partial charge in [0.15, 0.2) is 0 Å². The van der Waals surface area contributed by atoms with Crippen molar-refractivity contribution in [2.24, 2.45) is 17.8 Å². The smallest absolute Gasteiger partial charge is 0.414 e. The van der Waals surface area contributed by atoms with Crippen molar-refractivity contribution >= 4 is 6.09 Å². The predicted octanol–water partition coefficient (Wildman–Crippen LogP) is 3.02. The number of carbonyl (C=O) groups is 1. The number of amides is 1. The summed E-state index contributed by atoms with van der Waals surface area (Å²) in [5, 5.41) is 0. The minimum absolute atomic E-state index is 0.221. The zero-order chi connectivity index (χ0) is 11.5. The normalized spacial score (nSPS) is 33.3. The van der Waals surface area contributed by atoms with Gasteiger partial charge in [-0.1, -0.05) is 26.3 Å². The Morgan fingerprint density at radius 1 is 1.44 bits per heavy atom. The molecule has 2 bridgehead atoms. The van der Waals surface area contributed by atoms with E-state index < -0.39 is 0 Å². The Hall–Kier alpha value is -0.990. The third kappa shape index (κ3) is 2.08. The number of hydrogen-bond donors (Lipinski definition) is 0. The van der Waals surface area contributed by atoms with Gasteiger partial charge in [0.2, 0.25) is 0 Å². The molecule has 0 N–H and O–H groups in total. The summed E-state index contributed by atoms with van der Waals surface area (Å²) in [7, 11) is 0. The molecular weight excluding hydrogens is 202 g/mol. The van der Waals surface area contributed by atoms with Gasteiger partial charge >= 0.3 is 6.09 Å². The van der Waals surface area contributed by atoms with E-state index in [0.717, 1.165) is 19.0 Å². The van der Waals surface area contributed by atoms with Gasteiger partial charge in [-0.15, -0.1) is 0 Å². The fraction of sp³-hybridized carbons (Fsp3) is 0.769. The van der Waals surface area contributed by atoms with E-state index in [1.54, 1.807) is 0 Å². The zero-order valence-electron chi connectivity index (χ0n) is 10.0. The molecule has 0 aromatic heterocycles. The molecule has 2 atom stereocenters. The van der Waals surface area contributed by atoms with Crippen LogP contribution in [0, 0.1) is 17.8 Å². The fourth-order valence-corrected chi connectivity index (χ4v) is 3.51. The maximum absolute atomic E-state index is 11.7. The number of rotatable bonds is 2. The second-order valence-electron chi connectivity index (χ2n) is 4.98. The van der Waals surface area contributed by atoms with E-state index in [4.69, 9.17) is 4.74 Å². The van der Waals surface area contributed by atoms with Gasteiger partial charge in [-0.2, -0.15) is 0 Å². The molecule has 0 radical (unpaired) electrons. The van der Waals surface area contributed by atoms with Crippen LogP contribution in [0.15, 0.2) is 12.8 Å². The van der Waals surface area contributed by atoms with Crippen molar-refractivity contribution in [1.29, 1.82) is 0 Å². The van der Waals surface area contributed by atoms with Crippen LogP contribution in [0.3, 0.4) is 0 Å².